The maximum Gasteiger partial charge on any atom is 0.243 e. The maximum atomic E-state index is 12.5. The van der Waals surface area contributed by atoms with Crippen LogP contribution in [0, 0.1) is 13.8 Å². The maximum absolute atomic E-state index is 12.5. The third-order valence-corrected chi connectivity index (χ3v) is 6.37. The van der Waals surface area contributed by atoms with Crippen LogP contribution in [-0.2, 0) is 14.8 Å². The monoisotopic (exact) mass is 394 g/mol. The molecule has 2 rings (SSSR count). The number of hydrogen-bond donors (Lipinski definition) is 1. The number of nitrogens with one attached hydrogen (secondary N) is 1. The molecule has 1 amide bonds. The Kier molecular flexibility index (Phi) is 6.44. The zero-order valence-corrected chi connectivity index (χ0v) is 16.9. The Bertz CT molecular complexity index is 896. The number of nitrogens with zero attached hydrogens (tertiary/aromatic N) is 1. The van der Waals surface area contributed by atoms with Crippen LogP contribution >= 0.6 is 11.6 Å². The van der Waals surface area contributed by atoms with Crippen LogP contribution < -0.4 is 5.32 Å². The first-order valence-electron chi connectivity index (χ1n) is 8.19. The number of aryl methyl sites for hydroxylation is 2. The summed E-state index contributed by atoms with van der Waals surface area (Å²) in [5, 5.41) is 3.29. The van der Waals surface area contributed by atoms with Crippen molar-refractivity contribution in [2.45, 2.75) is 31.7 Å². The van der Waals surface area contributed by atoms with E-state index in [1.165, 1.54) is 36.9 Å². The Morgan fingerprint density at radius 3 is 2.31 bits per heavy atom. The summed E-state index contributed by atoms with van der Waals surface area (Å²) < 4.78 is 26.1. The lowest BCUT2D eigenvalue weighted by atomic mass is 10.0. The molecule has 0 fully saturated rings. The summed E-state index contributed by atoms with van der Waals surface area (Å²) in [6.07, 6.45) is 0. The van der Waals surface area contributed by atoms with Gasteiger partial charge in [-0.3, -0.25) is 4.79 Å². The van der Waals surface area contributed by atoms with E-state index >= 15 is 0 Å². The van der Waals surface area contributed by atoms with E-state index in [2.05, 4.69) is 5.32 Å². The van der Waals surface area contributed by atoms with Gasteiger partial charge in [-0.2, -0.15) is 4.31 Å². The van der Waals surface area contributed by atoms with E-state index in [9.17, 15) is 13.2 Å². The molecular formula is C19H23ClN2O3S. The van der Waals surface area contributed by atoms with Crippen molar-refractivity contribution >= 4 is 27.5 Å². The van der Waals surface area contributed by atoms with Crippen molar-refractivity contribution in [3.05, 3.63) is 64.2 Å². The second-order valence-electron chi connectivity index (χ2n) is 6.35. The molecule has 0 aliphatic carbocycles. The third kappa shape index (κ3) is 4.84. The lowest BCUT2D eigenvalue weighted by molar-refractivity contribution is -0.121. The van der Waals surface area contributed by atoms with E-state index in [1.807, 2.05) is 39.0 Å². The van der Waals surface area contributed by atoms with Gasteiger partial charge in [0.25, 0.3) is 0 Å². The highest BCUT2D eigenvalue weighted by molar-refractivity contribution is 7.89. The van der Waals surface area contributed by atoms with Gasteiger partial charge in [0.15, 0.2) is 0 Å². The van der Waals surface area contributed by atoms with E-state index in [-0.39, 0.29) is 23.4 Å². The molecular weight excluding hydrogens is 372 g/mol. The molecule has 0 saturated heterocycles. The minimum Gasteiger partial charge on any atom is -0.348 e. The summed E-state index contributed by atoms with van der Waals surface area (Å²) >= 11 is 5.79. The summed E-state index contributed by atoms with van der Waals surface area (Å²) in [7, 11) is -2.37. The first-order valence-corrected chi connectivity index (χ1v) is 10.0. The number of carbonyl (C=O) groups is 1. The van der Waals surface area contributed by atoms with Gasteiger partial charge >= 0.3 is 0 Å². The molecule has 0 spiro atoms. The van der Waals surface area contributed by atoms with Crippen molar-refractivity contribution in [2.75, 3.05) is 13.6 Å². The Morgan fingerprint density at radius 1 is 1.12 bits per heavy atom. The zero-order chi connectivity index (χ0) is 19.5. The molecule has 1 N–H and O–H groups in total. The van der Waals surface area contributed by atoms with Crippen LogP contribution in [-0.4, -0.2) is 32.2 Å². The van der Waals surface area contributed by atoms with Crippen LogP contribution in [0.1, 0.15) is 29.7 Å². The number of halogens is 1. The number of hydrogen-bond acceptors (Lipinski definition) is 3. The first kappa shape index (κ1) is 20.4. The molecule has 7 heteroatoms. The Morgan fingerprint density at radius 2 is 1.73 bits per heavy atom. The van der Waals surface area contributed by atoms with Crippen LogP contribution in [0.4, 0.5) is 0 Å². The van der Waals surface area contributed by atoms with Crippen molar-refractivity contribution in [3.63, 3.8) is 0 Å². The fourth-order valence-electron chi connectivity index (χ4n) is 2.48. The van der Waals surface area contributed by atoms with Crippen molar-refractivity contribution < 1.29 is 13.2 Å². The Hall–Kier alpha value is -1.89. The predicted molar refractivity (Wildman–Crippen MR) is 104 cm³/mol. The molecule has 26 heavy (non-hydrogen) atoms. The standard InChI is InChI=1S/C19H23ClN2O3S/c1-13-5-6-16(11-14(13)2)15(3)21-19(23)12-22(4)26(24,25)18-9-7-17(20)8-10-18/h5-11,15H,12H2,1-4H3,(H,21,23). The number of carbonyl (C=O) groups excluding carboxylic acids is 1. The highest BCUT2D eigenvalue weighted by Crippen LogP contribution is 2.19. The van der Waals surface area contributed by atoms with E-state index in [1.54, 1.807) is 0 Å². The van der Waals surface area contributed by atoms with Gasteiger partial charge in [-0.1, -0.05) is 29.8 Å². The minimum atomic E-state index is -3.75. The molecule has 0 aromatic heterocycles. The Labute approximate surface area is 160 Å². The predicted octanol–water partition coefficient (Wildman–Crippen LogP) is 3.45. The normalized spacial score (nSPS) is 12.8. The molecule has 0 bridgehead atoms. The lowest BCUT2D eigenvalue weighted by Gasteiger charge is -2.20. The van der Waals surface area contributed by atoms with Crippen molar-refractivity contribution in [2.24, 2.45) is 0 Å². The van der Waals surface area contributed by atoms with Crippen LogP contribution in [0.3, 0.4) is 0 Å². The van der Waals surface area contributed by atoms with Crippen LogP contribution in [0.2, 0.25) is 5.02 Å². The number of sulfonamides is 1. The molecule has 0 heterocycles. The van der Waals surface area contributed by atoms with Crippen molar-refractivity contribution in [1.82, 2.24) is 9.62 Å². The average molecular weight is 395 g/mol. The summed E-state index contributed by atoms with van der Waals surface area (Å²) in [5.41, 5.74) is 3.30. The number of benzene rings is 2. The summed E-state index contributed by atoms with van der Waals surface area (Å²) in [6, 6.07) is 11.6. The summed E-state index contributed by atoms with van der Waals surface area (Å²) in [6.45, 7) is 5.65. The molecule has 0 saturated carbocycles. The summed E-state index contributed by atoms with van der Waals surface area (Å²) in [5.74, 6) is -0.365. The molecule has 1 unspecified atom stereocenters. The van der Waals surface area contributed by atoms with Gasteiger partial charge in [0, 0.05) is 12.1 Å². The second-order valence-corrected chi connectivity index (χ2v) is 8.83. The van der Waals surface area contributed by atoms with Gasteiger partial charge in [-0.05, 0) is 61.7 Å². The second kappa shape index (κ2) is 8.20. The quantitative estimate of drug-likeness (QED) is 0.815. The zero-order valence-electron chi connectivity index (χ0n) is 15.3. The SMILES string of the molecule is Cc1ccc(C(C)NC(=O)CN(C)S(=O)(=O)c2ccc(Cl)cc2)cc1C. The van der Waals surface area contributed by atoms with Crippen molar-refractivity contribution in [3.8, 4) is 0 Å². The molecule has 5 nitrogen and oxygen atoms in total. The molecule has 0 aliphatic rings. The van der Waals surface area contributed by atoms with Crippen LogP contribution in [0.25, 0.3) is 0 Å². The molecule has 2 aromatic rings. The van der Waals surface area contributed by atoms with E-state index in [0.717, 1.165) is 15.4 Å². The molecule has 1 atom stereocenters. The lowest BCUT2D eigenvalue weighted by Crippen LogP contribution is -2.39. The largest absolute Gasteiger partial charge is 0.348 e. The highest BCUT2D eigenvalue weighted by atomic mass is 35.5. The minimum absolute atomic E-state index is 0.0967. The number of likely N-dealkylation sites (N-methyl/N-ethyl adjacent to an activating group) is 1. The molecule has 0 radical (unpaired) electrons. The van der Waals surface area contributed by atoms with E-state index < -0.39 is 10.0 Å². The molecule has 2 aromatic carbocycles. The first-order chi connectivity index (χ1) is 12.1. The highest BCUT2D eigenvalue weighted by Gasteiger charge is 2.23. The van der Waals surface area contributed by atoms with Gasteiger partial charge in [-0.15, -0.1) is 0 Å². The van der Waals surface area contributed by atoms with E-state index in [0.29, 0.717) is 5.02 Å². The van der Waals surface area contributed by atoms with Crippen LogP contribution in [0.15, 0.2) is 47.4 Å². The number of amides is 1. The van der Waals surface area contributed by atoms with Gasteiger partial charge in [0.2, 0.25) is 15.9 Å². The third-order valence-electron chi connectivity index (χ3n) is 4.30. The fraction of sp³-hybridized carbons (Fsp3) is 0.316. The fourth-order valence-corrected chi connectivity index (χ4v) is 3.73. The smallest absolute Gasteiger partial charge is 0.243 e. The topological polar surface area (TPSA) is 66.5 Å². The molecule has 140 valence electrons. The van der Waals surface area contributed by atoms with Gasteiger partial charge in [0.1, 0.15) is 0 Å². The van der Waals surface area contributed by atoms with Gasteiger partial charge < -0.3 is 5.32 Å². The van der Waals surface area contributed by atoms with Crippen molar-refractivity contribution in [1.29, 1.82) is 0 Å². The number of rotatable bonds is 6. The summed E-state index contributed by atoms with van der Waals surface area (Å²) in [4.78, 5) is 12.4. The van der Waals surface area contributed by atoms with Gasteiger partial charge in [0.05, 0.1) is 17.5 Å². The Balaban J connectivity index is 2.04. The molecule has 0 aliphatic heterocycles. The van der Waals surface area contributed by atoms with E-state index in [4.69, 9.17) is 11.6 Å². The average Bonchev–Trinajstić information content (AvgIpc) is 2.57. The van der Waals surface area contributed by atoms with Crippen LogP contribution in [0.5, 0.6) is 0 Å². The van der Waals surface area contributed by atoms with Gasteiger partial charge in [-0.25, -0.2) is 8.42 Å².